The minimum absolute atomic E-state index is 0.0157. The molecular weight excluding hydrogens is 316 g/mol. The lowest BCUT2D eigenvalue weighted by atomic mass is 10.2. The number of aromatic nitrogens is 1. The van der Waals surface area contributed by atoms with E-state index in [0.29, 0.717) is 18.0 Å². The largest absolute Gasteiger partial charge is 0.495 e. The Bertz CT molecular complexity index is 727. The van der Waals surface area contributed by atoms with Gasteiger partial charge in [-0.25, -0.2) is 0 Å². The lowest BCUT2D eigenvalue weighted by Gasteiger charge is -2.36. The van der Waals surface area contributed by atoms with Gasteiger partial charge in [0.05, 0.1) is 19.3 Å². The molecule has 1 N–H and O–H groups in total. The number of carbonyl (C=O) groups excluding carboxylic acids is 1. The monoisotopic (exact) mass is 340 g/mol. The molecule has 1 aliphatic rings. The highest BCUT2D eigenvalue weighted by atomic mass is 16.5. The summed E-state index contributed by atoms with van der Waals surface area (Å²) in [5, 5.41) is 2.93. The first-order valence-electron chi connectivity index (χ1n) is 8.48. The Balaban J connectivity index is 1.52. The standard InChI is InChI=1S/C19H24N4O2/c1-15-13-20-8-7-17(15)23-11-9-22(10-12-23)14-19(24)21-16-5-3-4-6-18(16)25-2/h3-8,13H,9-12,14H2,1-2H3,(H,21,24). The highest BCUT2D eigenvalue weighted by Crippen LogP contribution is 2.23. The second-order valence-corrected chi connectivity index (χ2v) is 6.17. The number of carbonyl (C=O) groups is 1. The van der Waals surface area contributed by atoms with E-state index in [0.717, 1.165) is 26.2 Å². The Hall–Kier alpha value is -2.60. The summed E-state index contributed by atoms with van der Waals surface area (Å²) in [6, 6.07) is 9.51. The molecule has 2 aromatic rings. The number of hydrogen-bond donors (Lipinski definition) is 1. The lowest BCUT2D eigenvalue weighted by molar-refractivity contribution is -0.117. The van der Waals surface area contributed by atoms with Gasteiger partial charge in [0.1, 0.15) is 5.75 Å². The molecule has 0 saturated carbocycles. The van der Waals surface area contributed by atoms with Crippen LogP contribution in [-0.4, -0.2) is 55.6 Å². The summed E-state index contributed by atoms with van der Waals surface area (Å²) in [5.41, 5.74) is 3.12. The molecule has 0 spiro atoms. The van der Waals surface area contributed by atoms with E-state index in [1.807, 2.05) is 36.7 Å². The molecule has 0 radical (unpaired) electrons. The van der Waals surface area contributed by atoms with Gasteiger partial charge >= 0.3 is 0 Å². The van der Waals surface area contributed by atoms with Crippen LogP contribution in [-0.2, 0) is 4.79 Å². The van der Waals surface area contributed by atoms with E-state index in [-0.39, 0.29) is 5.91 Å². The zero-order chi connectivity index (χ0) is 17.6. The van der Waals surface area contributed by atoms with E-state index in [4.69, 9.17) is 4.74 Å². The molecule has 1 fully saturated rings. The van der Waals surface area contributed by atoms with Crippen LogP contribution in [0.4, 0.5) is 11.4 Å². The molecule has 1 saturated heterocycles. The quantitative estimate of drug-likeness (QED) is 0.904. The number of amides is 1. The van der Waals surface area contributed by atoms with Crippen LogP contribution in [0, 0.1) is 6.92 Å². The summed E-state index contributed by atoms with van der Waals surface area (Å²) in [4.78, 5) is 21.0. The van der Waals surface area contributed by atoms with Crippen molar-refractivity contribution >= 4 is 17.3 Å². The number of piperazine rings is 1. The van der Waals surface area contributed by atoms with Gasteiger partial charge in [0.25, 0.3) is 0 Å². The van der Waals surface area contributed by atoms with Crippen molar-refractivity contribution < 1.29 is 9.53 Å². The SMILES string of the molecule is COc1ccccc1NC(=O)CN1CCN(c2ccncc2C)CC1. The molecule has 6 nitrogen and oxygen atoms in total. The Kier molecular flexibility index (Phi) is 5.50. The fourth-order valence-corrected chi connectivity index (χ4v) is 3.11. The molecule has 1 aromatic heterocycles. The van der Waals surface area contributed by atoms with Gasteiger partial charge in [0, 0.05) is 44.3 Å². The number of anilines is 2. The number of benzene rings is 1. The van der Waals surface area contributed by atoms with Gasteiger partial charge in [-0.3, -0.25) is 14.7 Å². The Labute approximate surface area is 148 Å². The smallest absolute Gasteiger partial charge is 0.238 e. The number of rotatable bonds is 5. The van der Waals surface area contributed by atoms with E-state index in [1.165, 1.54) is 11.3 Å². The number of nitrogens with zero attached hydrogens (tertiary/aromatic N) is 3. The van der Waals surface area contributed by atoms with Gasteiger partial charge < -0.3 is 15.0 Å². The molecule has 2 heterocycles. The molecule has 6 heteroatoms. The number of pyridine rings is 1. The second kappa shape index (κ2) is 7.98. The molecule has 25 heavy (non-hydrogen) atoms. The van der Waals surface area contributed by atoms with Crippen LogP contribution >= 0.6 is 0 Å². The van der Waals surface area contributed by atoms with Crippen molar-refractivity contribution in [3.05, 3.63) is 48.3 Å². The molecule has 0 bridgehead atoms. The van der Waals surface area contributed by atoms with Crippen molar-refractivity contribution in [3.8, 4) is 5.75 Å². The highest BCUT2D eigenvalue weighted by molar-refractivity contribution is 5.93. The van der Waals surface area contributed by atoms with E-state index >= 15 is 0 Å². The van der Waals surface area contributed by atoms with E-state index in [2.05, 4.69) is 33.1 Å². The average molecular weight is 340 g/mol. The minimum Gasteiger partial charge on any atom is -0.495 e. The van der Waals surface area contributed by atoms with Crippen LogP contribution in [0.1, 0.15) is 5.56 Å². The summed E-state index contributed by atoms with van der Waals surface area (Å²) in [5.74, 6) is 0.659. The van der Waals surface area contributed by atoms with Crippen molar-refractivity contribution in [2.75, 3.05) is 50.1 Å². The number of para-hydroxylation sites is 2. The molecule has 132 valence electrons. The molecule has 3 rings (SSSR count). The van der Waals surface area contributed by atoms with Crippen LogP contribution in [0.2, 0.25) is 0 Å². The summed E-state index contributed by atoms with van der Waals surface area (Å²) >= 11 is 0. The lowest BCUT2D eigenvalue weighted by Crippen LogP contribution is -2.48. The summed E-state index contributed by atoms with van der Waals surface area (Å²) in [6.07, 6.45) is 3.72. The van der Waals surface area contributed by atoms with Crippen LogP contribution in [0.15, 0.2) is 42.7 Å². The molecule has 1 aliphatic heterocycles. The summed E-state index contributed by atoms with van der Waals surface area (Å²) in [7, 11) is 1.60. The second-order valence-electron chi connectivity index (χ2n) is 6.17. The van der Waals surface area contributed by atoms with E-state index in [9.17, 15) is 4.79 Å². The number of hydrogen-bond acceptors (Lipinski definition) is 5. The van der Waals surface area contributed by atoms with Gasteiger partial charge in [0.15, 0.2) is 0 Å². The van der Waals surface area contributed by atoms with Crippen molar-refractivity contribution in [1.82, 2.24) is 9.88 Å². The molecule has 0 unspecified atom stereocenters. The fraction of sp³-hybridized carbons (Fsp3) is 0.368. The number of methoxy groups -OCH3 is 1. The summed E-state index contributed by atoms with van der Waals surface area (Å²) < 4.78 is 5.27. The van der Waals surface area contributed by atoms with Crippen molar-refractivity contribution in [2.24, 2.45) is 0 Å². The number of nitrogens with one attached hydrogen (secondary N) is 1. The van der Waals surface area contributed by atoms with Crippen LogP contribution < -0.4 is 15.0 Å². The third kappa shape index (κ3) is 4.28. The predicted molar refractivity (Wildman–Crippen MR) is 99.3 cm³/mol. The van der Waals surface area contributed by atoms with Gasteiger partial charge in [-0.1, -0.05) is 12.1 Å². The van der Waals surface area contributed by atoms with E-state index < -0.39 is 0 Å². The Morgan fingerprint density at radius 3 is 2.68 bits per heavy atom. The van der Waals surface area contributed by atoms with Crippen molar-refractivity contribution in [3.63, 3.8) is 0 Å². The zero-order valence-electron chi connectivity index (χ0n) is 14.7. The zero-order valence-corrected chi connectivity index (χ0v) is 14.7. The maximum absolute atomic E-state index is 12.3. The van der Waals surface area contributed by atoms with Crippen LogP contribution in [0.5, 0.6) is 5.75 Å². The summed E-state index contributed by atoms with van der Waals surface area (Å²) in [6.45, 7) is 6.01. The van der Waals surface area contributed by atoms with Crippen LogP contribution in [0.25, 0.3) is 0 Å². The molecular formula is C19H24N4O2. The number of aryl methyl sites for hydroxylation is 1. The molecule has 1 aromatic carbocycles. The normalized spacial score (nSPS) is 15.0. The first-order chi connectivity index (χ1) is 12.2. The first kappa shape index (κ1) is 17.2. The maximum atomic E-state index is 12.3. The van der Waals surface area contributed by atoms with E-state index in [1.54, 1.807) is 7.11 Å². The predicted octanol–water partition coefficient (Wildman–Crippen LogP) is 2.16. The molecule has 0 atom stereocenters. The molecule has 1 amide bonds. The third-order valence-electron chi connectivity index (χ3n) is 4.45. The Morgan fingerprint density at radius 2 is 1.96 bits per heavy atom. The minimum atomic E-state index is -0.0157. The fourth-order valence-electron chi connectivity index (χ4n) is 3.11. The van der Waals surface area contributed by atoms with Crippen molar-refractivity contribution in [1.29, 1.82) is 0 Å². The topological polar surface area (TPSA) is 57.7 Å². The van der Waals surface area contributed by atoms with Gasteiger partial charge in [-0.2, -0.15) is 0 Å². The Morgan fingerprint density at radius 1 is 1.20 bits per heavy atom. The average Bonchev–Trinajstić information content (AvgIpc) is 2.63. The van der Waals surface area contributed by atoms with Gasteiger partial charge in [0.2, 0.25) is 5.91 Å². The molecule has 0 aliphatic carbocycles. The third-order valence-corrected chi connectivity index (χ3v) is 4.45. The van der Waals surface area contributed by atoms with Crippen molar-refractivity contribution in [2.45, 2.75) is 6.92 Å². The number of ether oxygens (including phenoxy) is 1. The maximum Gasteiger partial charge on any atom is 0.238 e. The van der Waals surface area contributed by atoms with Gasteiger partial charge in [-0.15, -0.1) is 0 Å². The highest BCUT2D eigenvalue weighted by Gasteiger charge is 2.20. The van der Waals surface area contributed by atoms with Gasteiger partial charge in [-0.05, 0) is 30.7 Å². The first-order valence-corrected chi connectivity index (χ1v) is 8.48. The van der Waals surface area contributed by atoms with Crippen LogP contribution in [0.3, 0.4) is 0 Å².